The summed E-state index contributed by atoms with van der Waals surface area (Å²) in [6.45, 7) is 14.1. The number of carbonyl (C=O) groups is 2. The van der Waals surface area contributed by atoms with E-state index in [2.05, 4.69) is 18.5 Å². The second-order valence-electron chi connectivity index (χ2n) is 10.4. The number of benzene rings is 3. The number of nitrogens with one attached hydrogen (secondary N) is 1. The first-order valence-corrected chi connectivity index (χ1v) is 16.4. The van der Waals surface area contributed by atoms with E-state index in [1.54, 1.807) is 23.9 Å². The Morgan fingerprint density at radius 2 is 1.73 bits per heavy atom. The molecule has 4 aromatic rings. The van der Waals surface area contributed by atoms with Gasteiger partial charge < -0.3 is 9.62 Å². The van der Waals surface area contributed by atoms with Crippen LogP contribution in [0.15, 0.2) is 104 Å². The normalized spacial score (nSPS) is 15.6. The van der Waals surface area contributed by atoms with Crippen molar-refractivity contribution in [2.24, 2.45) is 0 Å². The van der Waals surface area contributed by atoms with Crippen LogP contribution in [-0.4, -0.2) is 45.0 Å². The van der Waals surface area contributed by atoms with Gasteiger partial charge in [0.25, 0.3) is 11.8 Å². The molecule has 2 heterocycles. The first kappa shape index (κ1) is 36.0. The zero-order valence-corrected chi connectivity index (χ0v) is 27.7. The highest BCUT2D eigenvalue weighted by Crippen LogP contribution is 2.44. The fourth-order valence-electron chi connectivity index (χ4n) is 5.47. The Morgan fingerprint density at radius 1 is 1.04 bits per heavy atom. The number of hydrogen-bond donors (Lipinski definition) is 1. The van der Waals surface area contributed by atoms with Crippen LogP contribution in [0.25, 0.3) is 5.69 Å². The predicted molar refractivity (Wildman–Crippen MR) is 182 cm³/mol. The van der Waals surface area contributed by atoms with Gasteiger partial charge in [-0.15, -0.1) is 6.58 Å². The van der Waals surface area contributed by atoms with Crippen LogP contribution in [-0.2, 0) is 16.7 Å². The van der Waals surface area contributed by atoms with Gasteiger partial charge in [-0.2, -0.15) is 18.3 Å². The van der Waals surface area contributed by atoms with Crippen LogP contribution in [0, 0.1) is 5.82 Å². The number of likely N-dealkylation sites (N-methyl/N-ethyl adjacent to an activating group) is 1. The molecule has 0 saturated heterocycles. The summed E-state index contributed by atoms with van der Waals surface area (Å²) in [6.07, 6.45) is -1.28. The number of halogens is 4. The van der Waals surface area contributed by atoms with E-state index in [9.17, 15) is 27.2 Å². The third-order valence-corrected chi connectivity index (χ3v) is 8.60. The van der Waals surface area contributed by atoms with E-state index in [0.29, 0.717) is 40.6 Å². The van der Waals surface area contributed by atoms with E-state index < -0.39 is 41.3 Å². The van der Waals surface area contributed by atoms with Gasteiger partial charge in [0.2, 0.25) is 0 Å². The molecule has 5 rings (SSSR count). The van der Waals surface area contributed by atoms with Gasteiger partial charge in [0, 0.05) is 36.3 Å². The average molecular weight is 680 g/mol. The lowest BCUT2D eigenvalue weighted by Crippen LogP contribution is -2.55. The summed E-state index contributed by atoms with van der Waals surface area (Å²) in [5.74, 6) is -1.87. The van der Waals surface area contributed by atoms with Crippen molar-refractivity contribution in [1.29, 1.82) is 0 Å². The third kappa shape index (κ3) is 7.65. The molecule has 252 valence electrons. The summed E-state index contributed by atoms with van der Waals surface area (Å²) in [4.78, 5) is 29.4. The van der Waals surface area contributed by atoms with Crippen LogP contribution in [0.3, 0.4) is 0 Å². The molecule has 0 fully saturated rings. The minimum atomic E-state index is -4.66. The van der Waals surface area contributed by atoms with Crippen molar-refractivity contribution in [2.45, 2.75) is 44.7 Å². The van der Waals surface area contributed by atoms with Gasteiger partial charge in [-0.25, -0.2) is 9.07 Å². The summed E-state index contributed by atoms with van der Waals surface area (Å²) in [6, 6.07) is 17.6. The highest BCUT2D eigenvalue weighted by atomic mass is 32.2. The molecule has 0 radical (unpaired) electrons. The maximum absolute atomic E-state index is 14.3. The minimum absolute atomic E-state index is 0.207. The summed E-state index contributed by atoms with van der Waals surface area (Å²) in [5, 5.41) is 7.70. The summed E-state index contributed by atoms with van der Waals surface area (Å²) < 4.78 is 58.1. The molecular weight excluding hydrogens is 642 g/mol. The minimum Gasteiger partial charge on any atom is -0.339 e. The maximum Gasteiger partial charge on any atom is 0.416 e. The lowest BCUT2D eigenvalue weighted by Gasteiger charge is -2.38. The molecule has 0 aliphatic carbocycles. The van der Waals surface area contributed by atoms with Gasteiger partial charge in [0.05, 0.1) is 22.7 Å². The molecule has 12 heteroatoms. The van der Waals surface area contributed by atoms with E-state index in [1.165, 1.54) is 47.2 Å². The molecule has 1 aliphatic heterocycles. The number of nitrogens with zero attached hydrogens (tertiary/aromatic N) is 4. The zero-order valence-electron chi connectivity index (χ0n) is 26.9. The molecule has 1 aliphatic rings. The molecule has 1 N–H and O–H groups in total. The monoisotopic (exact) mass is 679 g/mol. The summed E-state index contributed by atoms with van der Waals surface area (Å²) in [7, 11) is 0. The summed E-state index contributed by atoms with van der Waals surface area (Å²) in [5.41, 5.74) is 1.19. The Balaban J connectivity index is 0.00000255. The van der Waals surface area contributed by atoms with E-state index in [4.69, 9.17) is 5.10 Å². The standard InChI is InChI=1S/C34H31F4N5O2S.C2H6/c1-4-19-41(5-2)46-21-27-29-28(22-15-17-25(35)18-16-22)30(39-31(44)23-11-10-12-24(20-23)34(36,37)38)33(45)42(6-3)32(29)43(40-27)26-13-8-7-9-14-26;1-2/h4-5,7-18,20,28,30H,1-2,6,19,21H2,3H3,(H,39,44);1-2H3. The SMILES string of the molecule is C=CCN(C=C)SCc1nn(-c2ccccc2)c2c1C(c1ccc(F)cc1)C(NC(=O)c1cccc(C(F)(F)F)c1)C(=O)N2CC.CC. The van der Waals surface area contributed by atoms with Crippen molar-refractivity contribution >= 4 is 29.6 Å². The van der Waals surface area contributed by atoms with Gasteiger partial charge in [-0.1, -0.05) is 62.9 Å². The number of anilines is 1. The van der Waals surface area contributed by atoms with Gasteiger partial charge in [-0.05, 0) is 66.9 Å². The van der Waals surface area contributed by atoms with E-state index in [1.807, 2.05) is 48.5 Å². The molecule has 2 amide bonds. The number of carbonyl (C=O) groups excluding carboxylic acids is 2. The van der Waals surface area contributed by atoms with Gasteiger partial charge in [0.15, 0.2) is 0 Å². The Hall–Kier alpha value is -4.84. The molecule has 2 unspecified atom stereocenters. The Bertz CT molecular complexity index is 1740. The Kier molecular flexibility index (Phi) is 11.9. The number of aromatic nitrogens is 2. The van der Waals surface area contributed by atoms with Crippen molar-refractivity contribution in [2.75, 3.05) is 18.0 Å². The van der Waals surface area contributed by atoms with E-state index in [0.717, 1.165) is 18.2 Å². The fraction of sp³-hybridized carbons (Fsp3) is 0.250. The first-order valence-electron chi connectivity index (χ1n) is 15.4. The van der Waals surface area contributed by atoms with Crippen molar-refractivity contribution in [1.82, 2.24) is 19.4 Å². The van der Waals surface area contributed by atoms with Crippen molar-refractivity contribution < 1.29 is 27.2 Å². The van der Waals surface area contributed by atoms with Crippen LogP contribution in [0.2, 0.25) is 0 Å². The van der Waals surface area contributed by atoms with Crippen LogP contribution >= 0.6 is 11.9 Å². The van der Waals surface area contributed by atoms with Gasteiger partial charge >= 0.3 is 6.18 Å². The topological polar surface area (TPSA) is 70.5 Å². The van der Waals surface area contributed by atoms with E-state index in [-0.39, 0.29) is 12.1 Å². The molecule has 0 spiro atoms. The Morgan fingerprint density at radius 3 is 2.33 bits per heavy atom. The van der Waals surface area contributed by atoms with Gasteiger partial charge in [-0.3, -0.25) is 14.5 Å². The number of fused-ring (bicyclic) bond motifs is 1. The van der Waals surface area contributed by atoms with Crippen LogP contribution in [0.5, 0.6) is 0 Å². The Labute approximate surface area is 282 Å². The number of rotatable bonds is 11. The molecule has 7 nitrogen and oxygen atoms in total. The largest absolute Gasteiger partial charge is 0.416 e. The average Bonchev–Trinajstić information content (AvgIpc) is 3.47. The van der Waals surface area contributed by atoms with Crippen LogP contribution in [0.1, 0.15) is 59.4 Å². The molecule has 3 aromatic carbocycles. The lowest BCUT2D eigenvalue weighted by atomic mass is 9.81. The van der Waals surface area contributed by atoms with Crippen molar-refractivity contribution in [3.8, 4) is 5.69 Å². The molecular formula is C36H37F4N5O2S. The number of hydrogen-bond acceptors (Lipinski definition) is 5. The predicted octanol–water partition coefficient (Wildman–Crippen LogP) is 8.13. The molecule has 2 atom stereocenters. The van der Waals surface area contributed by atoms with Crippen LogP contribution in [0.4, 0.5) is 23.4 Å². The smallest absolute Gasteiger partial charge is 0.339 e. The molecule has 0 saturated carbocycles. The van der Waals surface area contributed by atoms with Crippen molar-refractivity contribution in [3.63, 3.8) is 0 Å². The fourth-order valence-corrected chi connectivity index (χ4v) is 6.29. The third-order valence-electron chi connectivity index (χ3n) is 7.57. The number of alkyl halides is 3. The molecule has 1 aromatic heterocycles. The first-order chi connectivity index (χ1) is 23.1. The highest BCUT2D eigenvalue weighted by molar-refractivity contribution is 7.96. The second kappa shape index (κ2) is 15.8. The van der Waals surface area contributed by atoms with E-state index >= 15 is 0 Å². The van der Waals surface area contributed by atoms with Crippen LogP contribution < -0.4 is 10.2 Å². The zero-order chi connectivity index (χ0) is 35.0. The quantitative estimate of drug-likeness (QED) is 0.0985. The van der Waals surface area contributed by atoms with Gasteiger partial charge in [0.1, 0.15) is 17.7 Å². The summed E-state index contributed by atoms with van der Waals surface area (Å²) >= 11 is 1.42. The maximum atomic E-state index is 14.3. The molecule has 0 bridgehead atoms. The lowest BCUT2D eigenvalue weighted by molar-refractivity contribution is -0.137. The second-order valence-corrected chi connectivity index (χ2v) is 11.4. The highest BCUT2D eigenvalue weighted by Gasteiger charge is 2.46. The van der Waals surface area contributed by atoms with Crippen molar-refractivity contribution in [3.05, 3.63) is 138 Å². The number of para-hydroxylation sites is 1. The number of amides is 2. The molecule has 48 heavy (non-hydrogen) atoms.